The van der Waals surface area contributed by atoms with Crippen molar-refractivity contribution in [3.05, 3.63) is 0 Å². The highest BCUT2D eigenvalue weighted by Crippen LogP contribution is 2.01. The molecular weight excluding hydrogens is 172 g/mol. The molecule has 0 saturated carbocycles. The van der Waals surface area contributed by atoms with Crippen LogP contribution >= 0.6 is 0 Å². The maximum Gasteiger partial charge on any atom is 0.305 e. The van der Waals surface area contributed by atoms with Gasteiger partial charge in [-0.3, -0.25) is 14.4 Å². The molecule has 0 spiro atoms. The third-order valence-electron chi connectivity index (χ3n) is 1.49. The van der Waals surface area contributed by atoms with Gasteiger partial charge in [0.1, 0.15) is 0 Å². The summed E-state index contributed by atoms with van der Waals surface area (Å²) >= 11 is 0. The Hall–Kier alpha value is -1.19. The van der Waals surface area contributed by atoms with Gasteiger partial charge in [0, 0.05) is 12.8 Å². The first-order chi connectivity index (χ1) is 6.20. The number of unbranched alkanes of at least 4 members (excludes halogenated alkanes) is 1. The largest absolute Gasteiger partial charge is 0.466 e. The van der Waals surface area contributed by atoms with Crippen LogP contribution in [0.2, 0.25) is 0 Å². The summed E-state index contributed by atoms with van der Waals surface area (Å²) in [6, 6.07) is 0. The molecule has 0 aliphatic heterocycles. The normalized spacial score (nSPS) is 9.31. The fourth-order valence-corrected chi connectivity index (χ4v) is 0.861. The Bertz CT molecular complexity index is 186. The Balaban J connectivity index is 3.30. The average Bonchev–Trinajstić information content (AvgIpc) is 2.12. The lowest BCUT2D eigenvalue weighted by molar-refractivity contribution is -0.143. The Labute approximate surface area is 77.3 Å². The molecule has 0 bridgehead atoms. The molecule has 0 atom stereocenters. The Morgan fingerprint density at radius 2 is 1.85 bits per heavy atom. The summed E-state index contributed by atoms with van der Waals surface area (Å²) in [6.45, 7) is 2.12. The van der Waals surface area contributed by atoms with Gasteiger partial charge in [0.15, 0.2) is 12.1 Å². The van der Waals surface area contributed by atoms with Crippen LogP contribution in [0.1, 0.15) is 32.6 Å². The summed E-state index contributed by atoms with van der Waals surface area (Å²) in [5.41, 5.74) is 0. The minimum absolute atomic E-state index is 0.225. The molecular formula is C9H14O4. The minimum atomic E-state index is -0.413. The molecule has 0 fully saturated rings. The van der Waals surface area contributed by atoms with Gasteiger partial charge in [-0.25, -0.2) is 0 Å². The van der Waals surface area contributed by atoms with Crippen molar-refractivity contribution in [1.29, 1.82) is 0 Å². The van der Waals surface area contributed by atoms with Crippen molar-refractivity contribution in [3.8, 4) is 0 Å². The standard InChI is InChI=1S/C9H14O4/c1-2-13-9(12)6-4-3-5-8(11)7-10/h7H,2-6H2,1H3. The molecule has 0 aromatic carbocycles. The van der Waals surface area contributed by atoms with Gasteiger partial charge in [-0.1, -0.05) is 0 Å². The molecule has 0 N–H and O–H groups in total. The van der Waals surface area contributed by atoms with Gasteiger partial charge in [0.2, 0.25) is 0 Å². The van der Waals surface area contributed by atoms with E-state index in [0.717, 1.165) is 0 Å². The number of carbonyl (C=O) groups excluding carboxylic acids is 3. The maximum atomic E-state index is 10.8. The zero-order valence-electron chi connectivity index (χ0n) is 7.75. The van der Waals surface area contributed by atoms with E-state index in [4.69, 9.17) is 0 Å². The van der Waals surface area contributed by atoms with E-state index >= 15 is 0 Å². The lowest BCUT2D eigenvalue weighted by Crippen LogP contribution is -2.04. The third-order valence-corrected chi connectivity index (χ3v) is 1.49. The lowest BCUT2D eigenvalue weighted by Gasteiger charge is -1.99. The van der Waals surface area contributed by atoms with Crippen LogP contribution < -0.4 is 0 Å². The second-order valence-corrected chi connectivity index (χ2v) is 2.60. The Morgan fingerprint density at radius 3 is 2.38 bits per heavy atom. The number of hydrogen-bond acceptors (Lipinski definition) is 4. The van der Waals surface area contributed by atoms with Gasteiger partial charge < -0.3 is 4.74 Å². The van der Waals surface area contributed by atoms with Crippen molar-refractivity contribution >= 4 is 18.0 Å². The second kappa shape index (κ2) is 7.46. The first kappa shape index (κ1) is 11.8. The molecule has 13 heavy (non-hydrogen) atoms. The highest BCUT2D eigenvalue weighted by Gasteiger charge is 2.02. The van der Waals surface area contributed by atoms with Crippen LogP contribution in [0.3, 0.4) is 0 Å². The molecule has 0 aliphatic rings. The van der Waals surface area contributed by atoms with Crippen molar-refractivity contribution < 1.29 is 19.1 Å². The molecule has 0 heterocycles. The van der Waals surface area contributed by atoms with Crippen LogP contribution in [0.25, 0.3) is 0 Å². The van der Waals surface area contributed by atoms with Crippen LogP contribution in [-0.4, -0.2) is 24.6 Å². The number of ketones is 1. The highest BCUT2D eigenvalue weighted by molar-refractivity contribution is 6.24. The maximum absolute atomic E-state index is 10.8. The van der Waals surface area contributed by atoms with Crippen molar-refractivity contribution in [1.82, 2.24) is 0 Å². The highest BCUT2D eigenvalue weighted by atomic mass is 16.5. The van der Waals surface area contributed by atoms with E-state index in [2.05, 4.69) is 4.74 Å². The molecule has 74 valence electrons. The topological polar surface area (TPSA) is 60.4 Å². The van der Waals surface area contributed by atoms with Crippen molar-refractivity contribution in [3.63, 3.8) is 0 Å². The van der Waals surface area contributed by atoms with E-state index in [1.54, 1.807) is 6.92 Å². The summed E-state index contributed by atoms with van der Waals surface area (Å²) in [7, 11) is 0. The van der Waals surface area contributed by atoms with E-state index in [1.807, 2.05) is 0 Å². The quantitative estimate of drug-likeness (QED) is 0.256. The van der Waals surface area contributed by atoms with Gasteiger partial charge in [0.25, 0.3) is 0 Å². The lowest BCUT2D eigenvalue weighted by atomic mass is 10.1. The Morgan fingerprint density at radius 1 is 1.23 bits per heavy atom. The predicted molar refractivity (Wildman–Crippen MR) is 46.2 cm³/mol. The summed E-state index contributed by atoms with van der Waals surface area (Å²) < 4.78 is 4.68. The summed E-state index contributed by atoms with van der Waals surface area (Å²) in [6.07, 6.45) is 2.02. The van der Waals surface area contributed by atoms with Gasteiger partial charge in [-0.15, -0.1) is 0 Å². The third kappa shape index (κ3) is 7.18. The molecule has 0 amide bonds. The number of rotatable bonds is 7. The van der Waals surface area contributed by atoms with E-state index in [-0.39, 0.29) is 12.4 Å². The van der Waals surface area contributed by atoms with E-state index in [1.165, 1.54) is 0 Å². The van der Waals surface area contributed by atoms with E-state index in [0.29, 0.717) is 32.2 Å². The zero-order valence-corrected chi connectivity index (χ0v) is 7.75. The molecule has 0 aromatic heterocycles. The minimum Gasteiger partial charge on any atom is -0.466 e. The molecule has 0 aliphatic carbocycles. The molecule has 0 radical (unpaired) electrons. The van der Waals surface area contributed by atoms with Crippen molar-refractivity contribution in [2.75, 3.05) is 6.61 Å². The molecule has 0 rings (SSSR count). The summed E-state index contributed by atoms with van der Waals surface area (Å²) in [5, 5.41) is 0. The fraction of sp³-hybridized carbons (Fsp3) is 0.667. The average molecular weight is 186 g/mol. The number of Topliss-reactive ketones (excluding diaryl/α,β-unsaturated/α-hetero) is 1. The molecule has 4 heteroatoms. The predicted octanol–water partition coefficient (Wildman–Crippen LogP) is 0.878. The zero-order chi connectivity index (χ0) is 10.1. The summed E-state index contributed by atoms with van der Waals surface area (Å²) in [4.78, 5) is 31.2. The van der Waals surface area contributed by atoms with Crippen molar-refractivity contribution in [2.45, 2.75) is 32.6 Å². The van der Waals surface area contributed by atoms with Crippen LogP contribution in [-0.2, 0) is 19.1 Å². The van der Waals surface area contributed by atoms with Gasteiger partial charge in [-0.2, -0.15) is 0 Å². The fourth-order valence-electron chi connectivity index (χ4n) is 0.861. The van der Waals surface area contributed by atoms with Crippen molar-refractivity contribution in [2.24, 2.45) is 0 Å². The molecule has 0 saturated heterocycles. The smallest absolute Gasteiger partial charge is 0.305 e. The number of carbonyl (C=O) groups is 3. The molecule has 0 aromatic rings. The van der Waals surface area contributed by atoms with E-state index in [9.17, 15) is 14.4 Å². The van der Waals surface area contributed by atoms with Crippen LogP contribution in [0.15, 0.2) is 0 Å². The monoisotopic (exact) mass is 186 g/mol. The second-order valence-electron chi connectivity index (χ2n) is 2.60. The van der Waals surface area contributed by atoms with Crippen LogP contribution in [0.4, 0.5) is 0 Å². The summed E-state index contributed by atoms with van der Waals surface area (Å²) in [5.74, 6) is -0.662. The number of aldehydes is 1. The van der Waals surface area contributed by atoms with Gasteiger partial charge in [-0.05, 0) is 19.8 Å². The number of esters is 1. The number of hydrogen-bond donors (Lipinski definition) is 0. The SMILES string of the molecule is CCOC(=O)CCCCC(=O)C=O. The van der Waals surface area contributed by atoms with Crippen LogP contribution in [0, 0.1) is 0 Å². The Kier molecular flexibility index (Phi) is 6.78. The van der Waals surface area contributed by atoms with Crippen LogP contribution in [0.5, 0.6) is 0 Å². The first-order valence-corrected chi connectivity index (χ1v) is 4.34. The van der Waals surface area contributed by atoms with E-state index < -0.39 is 5.78 Å². The van der Waals surface area contributed by atoms with Gasteiger partial charge in [0.05, 0.1) is 6.61 Å². The molecule has 0 unspecified atom stereocenters. The molecule has 4 nitrogen and oxygen atoms in total. The first-order valence-electron chi connectivity index (χ1n) is 4.34. The number of ether oxygens (including phenoxy) is 1. The van der Waals surface area contributed by atoms with Gasteiger partial charge >= 0.3 is 5.97 Å².